The normalized spacial score (nSPS) is 13.4. The summed E-state index contributed by atoms with van der Waals surface area (Å²) < 4.78 is 12.4. The molecule has 0 saturated heterocycles. The fraction of sp³-hybridized carbons (Fsp3) is 1.00. The third kappa shape index (κ3) is 13.5. The SMILES string of the molecule is CC(C)N(C(C)C)P(OC(CCCCN(C)C)CCCCN(C)C)N(C(C)C)C(C)C. The number of unbranched alkanes of at least 4 members (excludes halogenated alkanes) is 2. The van der Waals surface area contributed by atoms with Crippen LogP contribution in [-0.2, 0) is 4.52 Å². The van der Waals surface area contributed by atoms with Crippen molar-refractivity contribution in [1.82, 2.24) is 19.1 Å². The molecule has 0 unspecified atom stereocenters. The molecule has 0 bridgehead atoms. The molecule has 0 amide bonds. The molecular weight excluding hydrogens is 403 g/mol. The minimum atomic E-state index is -0.805. The summed E-state index contributed by atoms with van der Waals surface area (Å²) in [7, 11) is 7.86. The van der Waals surface area contributed by atoms with Gasteiger partial charge in [0.2, 0.25) is 0 Å². The van der Waals surface area contributed by atoms with Crippen molar-refractivity contribution >= 4 is 8.45 Å². The average Bonchev–Trinajstić information content (AvgIpc) is 2.60. The van der Waals surface area contributed by atoms with Crippen molar-refractivity contribution in [1.29, 1.82) is 0 Å². The zero-order valence-corrected chi connectivity index (χ0v) is 24.1. The second kappa shape index (κ2) is 16.8. The molecule has 0 rings (SSSR count). The van der Waals surface area contributed by atoms with E-state index in [2.05, 4.69) is 103 Å². The van der Waals surface area contributed by atoms with Gasteiger partial charge in [-0.1, -0.05) is 0 Å². The van der Waals surface area contributed by atoms with Gasteiger partial charge in [-0.3, -0.25) is 0 Å². The topological polar surface area (TPSA) is 22.2 Å². The van der Waals surface area contributed by atoms with Gasteiger partial charge in [0.05, 0.1) is 6.10 Å². The van der Waals surface area contributed by atoms with E-state index in [0.29, 0.717) is 30.3 Å². The van der Waals surface area contributed by atoms with Gasteiger partial charge >= 0.3 is 0 Å². The summed E-state index contributed by atoms with van der Waals surface area (Å²) in [6, 6.07) is 1.87. The van der Waals surface area contributed by atoms with Crippen molar-refractivity contribution in [2.75, 3.05) is 41.3 Å². The first-order valence-corrected chi connectivity index (χ1v) is 13.9. The number of rotatable bonds is 18. The van der Waals surface area contributed by atoms with E-state index < -0.39 is 8.45 Å². The van der Waals surface area contributed by atoms with Gasteiger partial charge in [-0.05, 0) is 135 Å². The molecule has 0 aliphatic heterocycles. The Labute approximate surface area is 197 Å². The Morgan fingerprint density at radius 3 is 1.13 bits per heavy atom. The monoisotopic (exact) mass is 460 g/mol. The van der Waals surface area contributed by atoms with E-state index in [1.807, 2.05) is 0 Å². The van der Waals surface area contributed by atoms with Gasteiger partial charge in [-0.25, -0.2) is 9.34 Å². The van der Waals surface area contributed by atoms with Crippen LogP contribution in [-0.4, -0.2) is 90.7 Å². The van der Waals surface area contributed by atoms with Crippen LogP contribution >= 0.6 is 8.45 Å². The molecule has 0 aliphatic rings. The van der Waals surface area contributed by atoms with Crippen molar-refractivity contribution < 1.29 is 4.52 Å². The molecule has 188 valence electrons. The lowest BCUT2D eigenvalue weighted by atomic mass is 10.1. The highest BCUT2D eigenvalue weighted by molar-refractivity contribution is 7.47. The van der Waals surface area contributed by atoms with E-state index in [9.17, 15) is 0 Å². The Morgan fingerprint density at radius 1 is 0.548 bits per heavy atom. The fourth-order valence-corrected chi connectivity index (χ4v) is 6.71. The van der Waals surface area contributed by atoms with Gasteiger partial charge in [0.1, 0.15) is 0 Å². The maximum Gasteiger partial charge on any atom is 0.189 e. The van der Waals surface area contributed by atoms with Crippen LogP contribution in [0.1, 0.15) is 93.9 Å². The number of hydrogen-bond acceptors (Lipinski definition) is 5. The lowest BCUT2D eigenvalue weighted by Crippen LogP contribution is -2.44. The predicted molar refractivity (Wildman–Crippen MR) is 141 cm³/mol. The molecule has 0 saturated carbocycles. The van der Waals surface area contributed by atoms with Crippen molar-refractivity contribution in [3.05, 3.63) is 0 Å². The quantitative estimate of drug-likeness (QED) is 0.176. The van der Waals surface area contributed by atoms with Gasteiger partial charge in [0.25, 0.3) is 0 Å². The third-order valence-corrected chi connectivity index (χ3v) is 8.64. The van der Waals surface area contributed by atoms with E-state index in [-0.39, 0.29) is 0 Å². The Hall–Kier alpha value is 0.230. The summed E-state index contributed by atoms with van der Waals surface area (Å²) in [6.45, 7) is 20.9. The van der Waals surface area contributed by atoms with E-state index >= 15 is 0 Å². The summed E-state index contributed by atoms with van der Waals surface area (Å²) in [5.74, 6) is 0. The Bertz CT molecular complexity index is 378. The minimum Gasteiger partial charge on any atom is -0.328 e. The lowest BCUT2D eigenvalue weighted by Gasteiger charge is -2.47. The summed E-state index contributed by atoms with van der Waals surface area (Å²) in [4.78, 5) is 4.58. The third-order valence-electron chi connectivity index (χ3n) is 5.52. The van der Waals surface area contributed by atoms with Gasteiger partial charge in [-0.15, -0.1) is 0 Å². The van der Waals surface area contributed by atoms with Gasteiger partial charge in [0.15, 0.2) is 8.45 Å². The van der Waals surface area contributed by atoms with Crippen molar-refractivity contribution in [2.45, 2.75) is 124 Å². The second-order valence-electron chi connectivity index (χ2n) is 10.7. The first-order chi connectivity index (χ1) is 14.4. The zero-order valence-electron chi connectivity index (χ0n) is 23.2. The highest BCUT2D eigenvalue weighted by Crippen LogP contribution is 2.52. The summed E-state index contributed by atoms with van der Waals surface area (Å²) in [6.07, 6.45) is 7.66. The van der Waals surface area contributed by atoms with E-state index in [1.165, 1.54) is 38.5 Å². The first kappa shape index (κ1) is 31.2. The van der Waals surface area contributed by atoms with Gasteiger partial charge in [0, 0.05) is 24.2 Å². The number of nitrogens with zero attached hydrogens (tertiary/aromatic N) is 4. The highest BCUT2D eigenvalue weighted by atomic mass is 31.2. The molecule has 0 aromatic carbocycles. The van der Waals surface area contributed by atoms with Crippen LogP contribution in [0.15, 0.2) is 0 Å². The van der Waals surface area contributed by atoms with Gasteiger partial charge in [-0.2, -0.15) is 0 Å². The molecule has 0 heterocycles. The molecule has 0 aromatic heterocycles. The maximum absolute atomic E-state index is 7.12. The van der Waals surface area contributed by atoms with Crippen LogP contribution in [0.2, 0.25) is 0 Å². The van der Waals surface area contributed by atoms with E-state index in [4.69, 9.17) is 4.52 Å². The van der Waals surface area contributed by atoms with Crippen LogP contribution in [0, 0.1) is 0 Å². The molecule has 0 spiro atoms. The molecule has 0 radical (unpaired) electrons. The summed E-state index contributed by atoms with van der Waals surface area (Å²) in [5, 5.41) is 0. The first-order valence-electron chi connectivity index (χ1n) is 12.7. The molecular formula is C25H57N4OP. The molecule has 0 aliphatic carbocycles. The average molecular weight is 461 g/mol. The number of hydrogen-bond donors (Lipinski definition) is 0. The Balaban J connectivity index is 5.52. The van der Waals surface area contributed by atoms with Gasteiger partial charge < -0.3 is 14.3 Å². The van der Waals surface area contributed by atoms with Crippen LogP contribution in [0.25, 0.3) is 0 Å². The summed E-state index contributed by atoms with van der Waals surface area (Å²) >= 11 is 0. The van der Waals surface area contributed by atoms with Crippen LogP contribution in [0.5, 0.6) is 0 Å². The van der Waals surface area contributed by atoms with E-state index in [0.717, 1.165) is 13.1 Å². The molecule has 6 heteroatoms. The van der Waals surface area contributed by atoms with Crippen LogP contribution < -0.4 is 0 Å². The van der Waals surface area contributed by atoms with Crippen molar-refractivity contribution in [3.8, 4) is 0 Å². The molecule has 0 atom stereocenters. The molecule has 5 nitrogen and oxygen atoms in total. The maximum atomic E-state index is 7.12. The van der Waals surface area contributed by atoms with Crippen molar-refractivity contribution in [3.63, 3.8) is 0 Å². The highest BCUT2D eigenvalue weighted by Gasteiger charge is 2.36. The smallest absolute Gasteiger partial charge is 0.189 e. The largest absolute Gasteiger partial charge is 0.328 e. The van der Waals surface area contributed by atoms with Crippen LogP contribution in [0.4, 0.5) is 0 Å². The molecule has 0 fully saturated rings. The standard InChI is InChI=1S/C25H57N4OP/c1-21(2)28(22(3)4)31(29(23(5)6)24(7)8)30-25(17-13-15-19-26(9)10)18-14-16-20-27(11)12/h21-25H,13-20H2,1-12H3. The van der Waals surface area contributed by atoms with Crippen molar-refractivity contribution in [2.24, 2.45) is 0 Å². The lowest BCUT2D eigenvalue weighted by molar-refractivity contribution is 0.126. The predicted octanol–water partition coefficient (Wildman–Crippen LogP) is 6.30. The minimum absolute atomic E-state index is 0.343. The second-order valence-corrected chi connectivity index (χ2v) is 12.4. The Morgan fingerprint density at radius 2 is 0.871 bits per heavy atom. The zero-order chi connectivity index (χ0) is 24.1. The van der Waals surface area contributed by atoms with E-state index in [1.54, 1.807) is 0 Å². The Kier molecular flexibility index (Phi) is 16.9. The molecule has 0 aromatic rings. The summed E-state index contributed by atoms with van der Waals surface area (Å²) in [5.41, 5.74) is 0. The fourth-order valence-electron chi connectivity index (χ4n) is 4.19. The molecule has 31 heavy (non-hydrogen) atoms. The van der Waals surface area contributed by atoms with Crippen LogP contribution in [0.3, 0.4) is 0 Å². The molecule has 0 N–H and O–H groups in total.